The molecular formula is C22H23N7O2. The number of aryl methyl sites for hydroxylation is 2. The van der Waals surface area contributed by atoms with Gasteiger partial charge in [0.1, 0.15) is 11.5 Å². The Labute approximate surface area is 179 Å². The molecule has 158 valence electrons. The van der Waals surface area contributed by atoms with Crippen LogP contribution in [-0.4, -0.2) is 35.8 Å². The maximum atomic E-state index is 12.7. The summed E-state index contributed by atoms with van der Waals surface area (Å²) in [6.07, 6.45) is 6.88. The SMILES string of the molecule is CCNc1ncc(-c2ccc(Oc3ccnc(-c4cnn(C)c4)c3)c(C)n2)c(=O)n1C. The molecule has 0 radical (unpaired) electrons. The van der Waals surface area contributed by atoms with E-state index >= 15 is 0 Å². The van der Waals surface area contributed by atoms with Gasteiger partial charge in [0, 0.05) is 50.9 Å². The molecule has 9 heteroatoms. The maximum absolute atomic E-state index is 12.7. The Hall–Kier alpha value is -4.01. The fourth-order valence-corrected chi connectivity index (χ4v) is 3.16. The lowest BCUT2D eigenvalue weighted by Crippen LogP contribution is -2.23. The summed E-state index contributed by atoms with van der Waals surface area (Å²) < 4.78 is 9.24. The van der Waals surface area contributed by atoms with Crippen LogP contribution in [0.2, 0.25) is 0 Å². The third-order valence-corrected chi connectivity index (χ3v) is 4.78. The van der Waals surface area contributed by atoms with Crippen molar-refractivity contribution in [2.75, 3.05) is 11.9 Å². The second-order valence-electron chi connectivity index (χ2n) is 7.05. The molecular weight excluding hydrogens is 394 g/mol. The van der Waals surface area contributed by atoms with Gasteiger partial charge in [-0.25, -0.2) is 9.97 Å². The van der Waals surface area contributed by atoms with Crippen LogP contribution in [0.4, 0.5) is 5.95 Å². The molecule has 0 amide bonds. The van der Waals surface area contributed by atoms with Gasteiger partial charge in [-0.3, -0.25) is 19.0 Å². The fourth-order valence-electron chi connectivity index (χ4n) is 3.16. The molecule has 0 aliphatic rings. The van der Waals surface area contributed by atoms with E-state index in [1.165, 1.54) is 4.57 Å². The highest BCUT2D eigenvalue weighted by Gasteiger charge is 2.13. The molecule has 31 heavy (non-hydrogen) atoms. The van der Waals surface area contributed by atoms with Crippen LogP contribution in [0.15, 0.2) is 53.8 Å². The van der Waals surface area contributed by atoms with Gasteiger partial charge in [0.05, 0.1) is 28.8 Å². The average Bonchev–Trinajstić information content (AvgIpc) is 3.20. The van der Waals surface area contributed by atoms with Crippen LogP contribution < -0.4 is 15.6 Å². The van der Waals surface area contributed by atoms with Crippen molar-refractivity contribution in [3.8, 4) is 34.0 Å². The van der Waals surface area contributed by atoms with Gasteiger partial charge in [-0.2, -0.15) is 5.10 Å². The van der Waals surface area contributed by atoms with Crippen LogP contribution in [0.25, 0.3) is 22.5 Å². The van der Waals surface area contributed by atoms with Gasteiger partial charge in [-0.1, -0.05) is 0 Å². The molecule has 0 bridgehead atoms. The number of ether oxygens (including phenoxy) is 1. The Kier molecular flexibility index (Phi) is 5.48. The molecule has 4 aromatic rings. The third kappa shape index (κ3) is 4.16. The van der Waals surface area contributed by atoms with E-state index in [2.05, 4.69) is 25.4 Å². The summed E-state index contributed by atoms with van der Waals surface area (Å²) in [5.74, 6) is 1.76. The third-order valence-electron chi connectivity index (χ3n) is 4.78. The number of rotatable bonds is 6. The molecule has 0 fully saturated rings. The van der Waals surface area contributed by atoms with Gasteiger partial charge in [0.15, 0.2) is 0 Å². The van der Waals surface area contributed by atoms with Crippen LogP contribution >= 0.6 is 0 Å². The van der Waals surface area contributed by atoms with Crippen LogP contribution in [-0.2, 0) is 14.1 Å². The second kappa shape index (κ2) is 8.39. The molecule has 0 aromatic carbocycles. The number of aromatic nitrogens is 6. The Balaban J connectivity index is 1.61. The minimum absolute atomic E-state index is 0.165. The molecule has 4 heterocycles. The Morgan fingerprint density at radius 1 is 1.10 bits per heavy atom. The van der Waals surface area contributed by atoms with Crippen molar-refractivity contribution in [3.05, 3.63) is 65.1 Å². The summed E-state index contributed by atoms with van der Waals surface area (Å²) in [5, 5.41) is 7.24. The number of nitrogens with one attached hydrogen (secondary N) is 1. The van der Waals surface area contributed by atoms with E-state index in [9.17, 15) is 4.79 Å². The smallest absolute Gasteiger partial charge is 0.264 e. The minimum atomic E-state index is -0.165. The zero-order valence-electron chi connectivity index (χ0n) is 17.8. The van der Waals surface area contributed by atoms with E-state index in [1.54, 1.807) is 48.5 Å². The topological polar surface area (TPSA) is 99.8 Å². The first-order chi connectivity index (χ1) is 15.0. The summed E-state index contributed by atoms with van der Waals surface area (Å²) in [6.45, 7) is 4.47. The highest BCUT2D eigenvalue weighted by molar-refractivity contribution is 5.60. The molecule has 0 spiro atoms. The van der Waals surface area contributed by atoms with E-state index in [0.29, 0.717) is 40.9 Å². The van der Waals surface area contributed by atoms with Gasteiger partial charge in [0.2, 0.25) is 5.95 Å². The van der Waals surface area contributed by atoms with Gasteiger partial charge in [0.25, 0.3) is 5.56 Å². The molecule has 4 aromatic heterocycles. The van der Waals surface area contributed by atoms with E-state index in [4.69, 9.17) is 4.74 Å². The quantitative estimate of drug-likeness (QED) is 0.514. The van der Waals surface area contributed by atoms with Gasteiger partial charge >= 0.3 is 0 Å². The highest BCUT2D eigenvalue weighted by Crippen LogP contribution is 2.28. The van der Waals surface area contributed by atoms with Gasteiger partial charge in [-0.15, -0.1) is 0 Å². The van der Waals surface area contributed by atoms with Crippen molar-refractivity contribution in [1.29, 1.82) is 0 Å². The summed E-state index contributed by atoms with van der Waals surface area (Å²) in [4.78, 5) is 26.0. The number of hydrogen-bond donors (Lipinski definition) is 1. The van der Waals surface area contributed by atoms with Crippen LogP contribution in [0, 0.1) is 6.92 Å². The van der Waals surface area contributed by atoms with Crippen molar-refractivity contribution >= 4 is 5.95 Å². The molecule has 0 atom stereocenters. The molecule has 4 rings (SSSR count). The molecule has 0 aliphatic carbocycles. The van der Waals surface area contributed by atoms with Crippen molar-refractivity contribution in [1.82, 2.24) is 29.3 Å². The Bertz CT molecular complexity index is 1290. The number of anilines is 1. The Morgan fingerprint density at radius 2 is 1.94 bits per heavy atom. The predicted molar refractivity (Wildman–Crippen MR) is 118 cm³/mol. The standard InChI is InChI=1S/C22H23N7O2/c1-5-23-22-25-12-17(21(30)29(22)4)18-6-7-20(14(2)27-18)31-16-8-9-24-19(10-16)15-11-26-28(3)13-15/h6-13H,5H2,1-4H3,(H,23,25). The Morgan fingerprint density at radius 3 is 2.65 bits per heavy atom. The van der Waals surface area contributed by atoms with E-state index < -0.39 is 0 Å². The summed E-state index contributed by atoms with van der Waals surface area (Å²) in [5.41, 5.74) is 3.15. The van der Waals surface area contributed by atoms with E-state index in [-0.39, 0.29) is 5.56 Å². The summed E-state index contributed by atoms with van der Waals surface area (Å²) in [7, 11) is 3.54. The fraction of sp³-hybridized carbons (Fsp3) is 0.227. The van der Waals surface area contributed by atoms with Crippen LogP contribution in [0.3, 0.4) is 0 Å². The second-order valence-corrected chi connectivity index (χ2v) is 7.05. The normalized spacial score (nSPS) is 10.8. The molecule has 9 nitrogen and oxygen atoms in total. The number of pyridine rings is 2. The zero-order chi connectivity index (χ0) is 22.0. The molecule has 1 N–H and O–H groups in total. The van der Waals surface area contributed by atoms with Gasteiger partial charge < -0.3 is 10.1 Å². The number of nitrogens with zero attached hydrogens (tertiary/aromatic N) is 6. The molecule has 0 unspecified atom stereocenters. The average molecular weight is 417 g/mol. The maximum Gasteiger partial charge on any atom is 0.264 e. The molecule has 0 aliphatic heterocycles. The summed E-state index contributed by atoms with van der Waals surface area (Å²) in [6, 6.07) is 7.20. The molecule has 0 saturated carbocycles. The van der Waals surface area contributed by atoms with Gasteiger partial charge in [-0.05, 0) is 32.0 Å². The number of hydrogen-bond acceptors (Lipinski definition) is 7. The lowest BCUT2D eigenvalue weighted by molar-refractivity contribution is 0.475. The first-order valence-electron chi connectivity index (χ1n) is 9.87. The highest BCUT2D eigenvalue weighted by atomic mass is 16.5. The predicted octanol–water partition coefficient (Wildman–Crippen LogP) is 3.17. The monoisotopic (exact) mass is 417 g/mol. The van der Waals surface area contributed by atoms with Crippen molar-refractivity contribution < 1.29 is 4.74 Å². The van der Waals surface area contributed by atoms with E-state index in [1.807, 2.05) is 33.2 Å². The summed E-state index contributed by atoms with van der Waals surface area (Å²) >= 11 is 0. The van der Waals surface area contributed by atoms with Crippen molar-refractivity contribution in [2.24, 2.45) is 14.1 Å². The molecule has 0 saturated heterocycles. The van der Waals surface area contributed by atoms with Crippen molar-refractivity contribution in [3.63, 3.8) is 0 Å². The van der Waals surface area contributed by atoms with Crippen LogP contribution in [0.1, 0.15) is 12.6 Å². The lowest BCUT2D eigenvalue weighted by Gasteiger charge is -2.12. The van der Waals surface area contributed by atoms with Crippen molar-refractivity contribution in [2.45, 2.75) is 13.8 Å². The largest absolute Gasteiger partial charge is 0.455 e. The first-order valence-corrected chi connectivity index (χ1v) is 9.87. The first kappa shape index (κ1) is 20.3. The van der Waals surface area contributed by atoms with E-state index in [0.717, 1.165) is 11.3 Å². The lowest BCUT2D eigenvalue weighted by atomic mass is 10.2. The zero-order valence-corrected chi connectivity index (χ0v) is 17.8. The minimum Gasteiger partial charge on any atom is -0.455 e. The van der Waals surface area contributed by atoms with Crippen LogP contribution in [0.5, 0.6) is 11.5 Å².